The van der Waals surface area contributed by atoms with Gasteiger partial charge in [-0.25, -0.2) is 18.0 Å². The summed E-state index contributed by atoms with van der Waals surface area (Å²) in [4.78, 5) is 26.9. The average Bonchev–Trinajstić information content (AvgIpc) is 3.25. The Kier molecular flexibility index (Phi) is 6.48. The summed E-state index contributed by atoms with van der Waals surface area (Å²) in [7, 11) is 0. The summed E-state index contributed by atoms with van der Waals surface area (Å²) in [6.45, 7) is 5.00. The standard InChI is InChI=1S/C22H26F3N3O3/c1-22(2,3)31-21(30)27-14(6-13-8-17(24)18(25)10-16(13)23)9-20(29)28-15-5-4-12(7-15)19(28)11-26/h8,10,12,14-15,19H,4-7,9H2,1-3H3,(H,27,30)/t12?,14-,15?,19-/m1/s1. The van der Waals surface area contributed by atoms with Gasteiger partial charge in [0.25, 0.3) is 0 Å². The van der Waals surface area contributed by atoms with Gasteiger partial charge >= 0.3 is 6.09 Å². The molecule has 9 heteroatoms. The lowest BCUT2D eigenvalue weighted by Gasteiger charge is -2.32. The van der Waals surface area contributed by atoms with E-state index in [4.69, 9.17) is 4.74 Å². The van der Waals surface area contributed by atoms with E-state index < -0.39 is 41.2 Å². The Hall–Kier alpha value is -2.76. The third-order valence-electron chi connectivity index (χ3n) is 5.70. The number of nitrogens with zero attached hydrogens (tertiary/aromatic N) is 2. The molecule has 1 saturated heterocycles. The van der Waals surface area contributed by atoms with Gasteiger partial charge in [0.2, 0.25) is 5.91 Å². The lowest BCUT2D eigenvalue weighted by molar-refractivity contribution is -0.134. The molecule has 2 aliphatic rings. The fourth-order valence-corrected chi connectivity index (χ4v) is 4.46. The largest absolute Gasteiger partial charge is 0.444 e. The minimum Gasteiger partial charge on any atom is -0.444 e. The fraction of sp³-hybridized carbons (Fsp3) is 0.591. The van der Waals surface area contributed by atoms with Gasteiger partial charge in [-0.1, -0.05) is 0 Å². The van der Waals surface area contributed by atoms with Crippen LogP contribution in [0.25, 0.3) is 0 Å². The number of hydrogen-bond acceptors (Lipinski definition) is 4. The number of amides is 2. The van der Waals surface area contributed by atoms with Gasteiger partial charge in [-0.3, -0.25) is 4.79 Å². The van der Waals surface area contributed by atoms with Crippen LogP contribution in [-0.4, -0.2) is 40.6 Å². The number of piperidine rings is 1. The van der Waals surface area contributed by atoms with Crippen LogP contribution in [0.4, 0.5) is 18.0 Å². The minimum atomic E-state index is -1.32. The lowest BCUT2D eigenvalue weighted by atomic mass is 9.98. The molecule has 2 fully saturated rings. The summed E-state index contributed by atoms with van der Waals surface area (Å²) >= 11 is 0. The number of benzene rings is 1. The quantitative estimate of drug-likeness (QED) is 0.710. The second-order valence-corrected chi connectivity index (χ2v) is 9.21. The van der Waals surface area contributed by atoms with Crippen molar-refractivity contribution >= 4 is 12.0 Å². The molecule has 0 radical (unpaired) electrons. The molecule has 0 spiro atoms. The maximum Gasteiger partial charge on any atom is 0.407 e. The number of ether oxygens (including phenoxy) is 1. The topological polar surface area (TPSA) is 82.4 Å². The van der Waals surface area contributed by atoms with Crippen molar-refractivity contribution in [2.75, 3.05) is 0 Å². The monoisotopic (exact) mass is 437 g/mol. The van der Waals surface area contributed by atoms with Crippen molar-refractivity contribution in [2.24, 2.45) is 5.92 Å². The zero-order valence-corrected chi connectivity index (χ0v) is 17.8. The second kappa shape index (κ2) is 8.77. The predicted molar refractivity (Wildman–Crippen MR) is 105 cm³/mol. The first-order valence-corrected chi connectivity index (χ1v) is 10.3. The summed E-state index contributed by atoms with van der Waals surface area (Å²) in [5, 5.41) is 12.0. The molecular formula is C22H26F3N3O3. The normalized spacial score (nSPS) is 23.4. The summed E-state index contributed by atoms with van der Waals surface area (Å²) in [6.07, 6.45) is 1.20. The summed E-state index contributed by atoms with van der Waals surface area (Å²) in [5.41, 5.74) is -0.973. The third kappa shape index (κ3) is 5.30. The Balaban J connectivity index is 1.78. The van der Waals surface area contributed by atoms with Crippen LogP contribution in [0, 0.1) is 34.7 Å². The van der Waals surface area contributed by atoms with E-state index >= 15 is 0 Å². The third-order valence-corrected chi connectivity index (χ3v) is 5.70. The van der Waals surface area contributed by atoms with Gasteiger partial charge in [0.15, 0.2) is 11.6 Å². The Morgan fingerprint density at radius 2 is 1.90 bits per heavy atom. The molecule has 4 atom stereocenters. The highest BCUT2D eigenvalue weighted by Crippen LogP contribution is 2.42. The maximum absolute atomic E-state index is 14.2. The molecule has 2 unspecified atom stereocenters. The van der Waals surface area contributed by atoms with E-state index in [0.717, 1.165) is 25.3 Å². The zero-order valence-electron chi connectivity index (χ0n) is 17.8. The van der Waals surface area contributed by atoms with Crippen molar-refractivity contribution in [3.05, 3.63) is 35.1 Å². The number of fused-ring (bicyclic) bond motifs is 2. The molecule has 1 saturated carbocycles. The highest BCUT2D eigenvalue weighted by atomic mass is 19.2. The van der Waals surface area contributed by atoms with Gasteiger partial charge < -0.3 is 15.0 Å². The first kappa shape index (κ1) is 22.9. The molecule has 1 heterocycles. The van der Waals surface area contributed by atoms with Crippen LogP contribution < -0.4 is 5.32 Å². The summed E-state index contributed by atoms with van der Waals surface area (Å²) < 4.78 is 46.3. The highest BCUT2D eigenvalue weighted by Gasteiger charge is 2.48. The number of hydrogen-bond donors (Lipinski definition) is 1. The molecule has 0 aromatic heterocycles. The summed E-state index contributed by atoms with van der Waals surface area (Å²) in [5.74, 6) is -3.72. The Labute approximate surface area is 179 Å². The SMILES string of the molecule is CC(C)(C)OC(=O)N[C@@H](CC(=O)N1C2CCC(C2)[C@H]1C#N)Cc1cc(F)c(F)cc1F. The van der Waals surface area contributed by atoms with Crippen LogP contribution in [0.15, 0.2) is 12.1 Å². The number of rotatable bonds is 5. The molecule has 1 aromatic rings. The van der Waals surface area contributed by atoms with Crippen molar-refractivity contribution in [2.45, 2.75) is 76.6 Å². The van der Waals surface area contributed by atoms with Crippen LogP contribution in [-0.2, 0) is 16.0 Å². The Morgan fingerprint density at radius 3 is 2.55 bits per heavy atom. The predicted octanol–water partition coefficient (Wildman–Crippen LogP) is 3.83. The molecule has 1 aliphatic carbocycles. The van der Waals surface area contributed by atoms with E-state index in [9.17, 15) is 28.0 Å². The van der Waals surface area contributed by atoms with Gasteiger partial charge in [0.05, 0.1) is 6.07 Å². The van der Waals surface area contributed by atoms with E-state index in [1.807, 2.05) is 0 Å². The van der Waals surface area contributed by atoms with Crippen LogP contribution in [0.1, 0.15) is 52.0 Å². The molecule has 1 aliphatic heterocycles. The molecule has 6 nitrogen and oxygen atoms in total. The van der Waals surface area contributed by atoms with E-state index in [0.29, 0.717) is 6.07 Å². The zero-order chi connectivity index (χ0) is 22.9. The van der Waals surface area contributed by atoms with Crippen molar-refractivity contribution in [3.8, 4) is 6.07 Å². The van der Waals surface area contributed by atoms with Crippen molar-refractivity contribution in [3.63, 3.8) is 0 Å². The van der Waals surface area contributed by atoms with Crippen LogP contribution in [0.3, 0.4) is 0 Å². The fourth-order valence-electron chi connectivity index (χ4n) is 4.46. The van der Waals surface area contributed by atoms with Gasteiger partial charge in [-0.05, 0) is 64.0 Å². The molecule has 2 amide bonds. The van der Waals surface area contributed by atoms with E-state index in [1.165, 1.54) is 0 Å². The molecule has 2 bridgehead atoms. The summed E-state index contributed by atoms with van der Waals surface area (Å²) in [6, 6.07) is 1.86. The highest BCUT2D eigenvalue weighted by molar-refractivity contribution is 5.79. The Bertz CT molecular complexity index is 910. The van der Waals surface area contributed by atoms with Crippen molar-refractivity contribution < 1.29 is 27.5 Å². The number of carbonyl (C=O) groups is 2. The van der Waals surface area contributed by atoms with Gasteiger partial charge in [-0.2, -0.15) is 5.26 Å². The smallest absolute Gasteiger partial charge is 0.407 e. The molecule has 3 rings (SSSR count). The van der Waals surface area contributed by atoms with Gasteiger partial charge in [0.1, 0.15) is 17.5 Å². The van der Waals surface area contributed by atoms with Gasteiger partial charge in [-0.15, -0.1) is 0 Å². The van der Waals surface area contributed by atoms with E-state index in [-0.39, 0.29) is 36.3 Å². The van der Waals surface area contributed by atoms with Crippen LogP contribution in [0.2, 0.25) is 0 Å². The maximum atomic E-state index is 14.2. The molecule has 31 heavy (non-hydrogen) atoms. The number of carbonyl (C=O) groups excluding carboxylic acids is 2. The van der Waals surface area contributed by atoms with Crippen LogP contribution in [0.5, 0.6) is 0 Å². The number of halogens is 3. The molecule has 1 aromatic carbocycles. The molecule has 168 valence electrons. The lowest BCUT2D eigenvalue weighted by Crippen LogP contribution is -2.48. The van der Waals surface area contributed by atoms with Crippen molar-refractivity contribution in [1.29, 1.82) is 5.26 Å². The van der Waals surface area contributed by atoms with E-state index in [2.05, 4.69) is 11.4 Å². The average molecular weight is 437 g/mol. The minimum absolute atomic E-state index is 0.0238. The molecular weight excluding hydrogens is 411 g/mol. The second-order valence-electron chi connectivity index (χ2n) is 9.21. The number of nitrogens with one attached hydrogen (secondary N) is 1. The Morgan fingerprint density at radius 1 is 1.23 bits per heavy atom. The van der Waals surface area contributed by atoms with Gasteiger partial charge in [0, 0.05) is 24.6 Å². The first-order valence-electron chi connectivity index (χ1n) is 10.3. The first-order chi connectivity index (χ1) is 14.5. The number of alkyl carbamates (subject to hydrolysis) is 1. The van der Waals surface area contributed by atoms with E-state index in [1.54, 1.807) is 25.7 Å². The number of likely N-dealkylation sites (tertiary alicyclic amines) is 1. The molecule has 1 N–H and O–H groups in total. The van der Waals surface area contributed by atoms with Crippen LogP contribution >= 0.6 is 0 Å². The van der Waals surface area contributed by atoms with Crippen molar-refractivity contribution in [1.82, 2.24) is 10.2 Å². The number of nitriles is 1.